The number of halogens is 3. The number of piperidine rings is 1. The van der Waals surface area contributed by atoms with Crippen LogP contribution in [0.3, 0.4) is 0 Å². The third-order valence-corrected chi connectivity index (χ3v) is 7.09. The molecule has 0 aliphatic carbocycles. The van der Waals surface area contributed by atoms with Gasteiger partial charge in [0.05, 0.1) is 29.5 Å². The van der Waals surface area contributed by atoms with Crippen molar-refractivity contribution in [3.05, 3.63) is 23.3 Å². The zero-order valence-corrected chi connectivity index (χ0v) is 22.9. The Morgan fingerprint density at radius 1 is 1.27 bits per heavy atom. The van der Waals surface area contributed by atoms with Crippen LogP contribution in [0, 0.1) is 0 Å². The minimum atomic E-state index is -4.98. The zero-order valence-electron chi connectivity index (χ0n) is 22.9. The Kier molecular flexibility index (Phi) is 9.22. The summed E-state index contributed by atoms with van der Waals surface area (Å²) in [5, 5.41) is 21.9. The number of aliphatic hydroxyl groups excluding tert-OH is 1. The van der Waals surface area contributed by atoms with E-state index in [0.29, 0.717) is 18.9 Å². The Balaban J connectivity index is 2.12. The molecule has 14 heteroatoms. The molecule has 2 aliphatic heterocycles. The normalized spacial score (nSPS) is 21.1. The van der Waals surface area contributed by atoms with Gasteiger partial charge in [0.25, 0.3) is 11.8 Å². The van der Waals surface area contributed by atoms with Crippen LogP contribution in [0.5, 0.6) is 5.75 Å². The summed E-state index contributed by atoms with van der Waals surface area (Å²) in [4.78, 5) is 53.9. The van der Waals surface area contributed by atoms with E-state index in [-0.39, 0.29) is 49.9 Å². The highest BCUT2D eigenvalue weighted by molar-refractivity contribution is 6.05. The molecule has 0 saturated carbocycles. The van der Waals surface area contributed by atoms with Gasteiger partial charge >= 0.3 is 12.3 Å². The van der Waals surface area contributed by atoms with Gasteiger partial charge in [-0.3, -0.25) is 14.4 Å². The maximum Gasteiger partial charge on any atom is 0.417 e. The quantitative estimate of drug-likeness (QED) is 0.435. The number of benzene rings is 1. The van der Waals surface area contributed by atoms with Gasteiger partial charge in [0, 0.05) is 38.6 Å². The topological polar surface area (TPSA) is 140 Å². The number of hydrogen-bond acceptors (Lipinski definition) is 6. The number of amides is 4. The Labute approximate surface area is 229 Å². The highest BCUT2D eigenvalue weighted by Crippen LogP contribution is 2.44. The number of fused-ring (bicyclic) bond motifs is 1. The standard InChI is InChI=1S/C26H35F3N4O7/c1-5-21(35)30-8-10-32-19-11-17(18(26(27,28)29)12-20(19)40-25(4,14-34)23(32)37)22(36)33(15(2)3)16-7-6-9-31(13-16)24(38)39/h11-12,15-16,34H,5-10,13-14H2,1-4H3,(H,30,35)(H,38,39)/t16-,25?/m1/s1. The van der Waals surface area contributed by atoms with E-state index in [1.54, 1.807) is 20.8 Å². The highest BCUT2D eigenvalue weighted by Gasteiger charge is 2.47. The van der Waals surface area contributed by atoms with Crippen molar-refractivity contribution >= 4 is 29.5 Å². The predicted octanol–water partition coefficient (Wildman–Crippen LogP) is 2.70. The van der Waals surface area contributed by atoms with E-state index < -0.39 is 59.5 Å². The first-order valence-electron chi connectivity index (χ1n) is 13.1. The van der Waals surface area contributed by atoms with E-state index in [9.17, 15) is 42.6 Å². The fourth-order valence-electron chi connectivity index (χ4n) is 5.02. The van der Waals surface area contributed by atoms with Crippen molar-refractivity contribution in [2.24, 2.45) is 0 Å². The van der Waals surface area contributed by atoms with Gasteiger partial charge in [-0.15, -0.1) is 0 Å². The van der Waals surface area contributed by atoms with E-state index in [1.807, 2.05) is 0 Å². The molecule has 2 atom stereocenters. The first-order chi connectivity index (χ1) is 18.6. The number of hydrogen-bond donors (Lipinski definition) is 3. The summed E-state index contributed by atoms with van der Waals surface area (Å²) < 4.78 is 48.6. The zero-order chi connectivity index (χ0) is 30.0. The number of aliphatic hydroxyl groups is 1. The van der Waals surface area contributed by atoms with Crippen LogP contribution >= 0.6 is 0 Å². The van der Waals surface area contributed by atoms with E-state index in [0.717, 1.165) is 15.9 Å². The molecule has 1 aromatic rings. The molecule has 3 rings (SSSR count). The van der Waals surface area contributed by atoms with Crippen molar-refractivity contribution < 1.29 is 47.3 Å². The van der Waals surface area contributed by atoms with Crippen LogP contribution in [0.25, 0.3) is 0 Å². The summed E-state index contributed by atoms with van der Waals surface area (Å²) in [6.45, 7) is 5.32. The van der Waals surface area contributed by atoms with Crippen molar-refractivity contribution in [2.75, 3.05) is 37.7 Å². The van der Waals surface area contributed by atoms with E-state index >= 15 is 0 Å². The summed E-state index contributed by atoms with van der Waals surface area (Å²) in [6.07, 6.45) is -5.15. The lowest BCUT2D eigenvalue weighted by Gasteiger charge is -2.42. The molecular formula is C26H35F3N4O7. The van der Waals surface area contributed by atoms with Crippen LogP contribution < -0.4 is 15.0 Å². The number of rotatable bonds is 8. The maximum absolute atomic E-state index is 14.3. The average Bonchev–Trinajstić information content (AvgIpc) is 2.89. The first-order valence-corrected chi connectivity index (χ1v) is 13.1. The van der Waals surface area contributed by atoms with Gasteiger partial charge in [0.1, 0.15) is 5.75 Å². The second-order valence-corrected chi connectivity index (χ2v) is 10.3. The molecule has 0 spiro atoms. The van der Waals surface area contributed by atoms with Gasteiger partial charge in [0.2, 0.25) is 11.5 Å². The Morgan fingerprint density at radius 2 is 1.95 bits per heavy atom. The van der Waals surface area contributed by atoms with Gasteiger partial charge in [-0.1, -0.05) is 6.92 Å². The van der Waals surface area contributed by atoms with Gasteiger partial charge in [-0.25, -0.2) is 4.79 Å². The molecule has 222 valence electrons. The molecule has 4 amide bonds. The third kappa shape index (κ3) is 6.26. The van der Waals surface area contributed by atoms with E-state index in [4.69, 9.17) is 4.74 Å². The summed E-state index contributed by atoms with van der Waals surface area (Å²) in [5.41, 5.74) is -4.01. The Hall–Kier alpha value is -3.55. The third-order valence-electron chi connectivity index (χ3n) is 7.09. The molecule has 0 radical (unpaired) electrons. The monoisotopic (exact) mass is 572 g/mol. The summed E-state index contributed by atoms with van der Waals surface area (Å²) >= 11 is 0. The second-order valence-electron chi connectivity index (χ2n) is 10.3. The second kappa shape index (κ2) is 11.9. The molecule has 1 aromatic carbocycles. The van der Waals surface area contributed by atoms with E-state index in [1.165, 1.54) is 11.8 Å². The molecule has 1 unspecified atom stereocenters. The molecule has 40 heavy (non-hydrogen) atoms. The lowest BCUT2D eigenvalue weighted by molar-refractivity contribution is -0.139. The minimum Gasteiger partial charge on any atom is -0.473 e. The number of alkyl halides is 3. The van der Waals surface area contributed by atoms with Crippen LogP contribution in [0.4, 0.5) is 23.7 Å². The van der Waals surface area contributed by atoms with Crippen LogP contribution in [0.1, 0.15) is 62.9 Å². The molecule has 0 aromatic heterocycles. The molecule has 11 nitrogen and oxygen atoms in total. The Bertz CT molecular complexity index is 1160. The number of nitrogens with one attached hydrogen (secondary N) is 1. The molecule has 2 aliphatic rings. The summed E-state index contributed by atoms with van der Waals surface area (Å²) in [5.74, 6) is -2.38. The molecule has 1 saturated heterocycles. The number of carbonyl (C=O) groups is 4. The number of carboxylic acid groups (broad SMARTS) is 1. The highest BCUT2D eigenvalue weighted by atomic mass is 19.4. The molecule has 3 N–H and O–H groups in total. The van der Waals surface area contributed by atoms with Crippen LogP contribution in [-0.4, -0.2) is 94.3 Å². The fraction of sp³-hybridized carbons (Fsp3) is 0.615. The lowest BCUT2D eigenvalue weighted by atomic mass is 9.96. The van der Waals surface area contributed by atoms with Crippen molar-refractivity contribution in [3.63, 3.8) is 0 Å². The number of ether oxygens (including phenoxy) is 1. The number of nitrogens with zero attached hydrogens (tertiary/aromatic N) is 3. The summed E-state index contributed by atoms with van der Waals surface area (Å²) in [6, 6.07) is 0.359. The smallest absolute Gasteiger partial charge is 0.417 e. The van der Waals surface area contributed by atoms with Gasteiger partial charge in [0.15, 0.2) is 0 Å². The van der Waals surface area contributed by atoms with Crippen LogP contribution in [-0.2, 0) is 15.8 Å². The number of likely N-dealkylation sites (tertiary alicyclic amines) is 1. The molecular weight excluding hydrogens is 537 g/mol. The number of carbonyl (C=O) groups excluding carboxylic acids is 3. The van der Waals surface area contributed by atoms with Gasteiger partial charge in [-0.05, 0) is 45.7 Å². The van der Waals surface area contributed by atoms with Crippen LogP contribution in [0.15, 0.2) is 12.1 Å². The SMILES string of the molecule is CCC(=O)NCCN1C(=O)C(C)(CO)Oc2cc(C(F)(F)F)c(C(=O)N(C(C)C)[C@@H]3CCCN(C(=O)O)C3)cc21. The average molecular weight is 573 g/mol. The van der Waals surface area contributed by atoms with E-state index in [2.05, 4.69) is 5.32 Å². The fourth-order valence-corrected chi connectivity index (χ4v) is 5.02. The number of anilines is 1. The van der Waals surface area contributed by atoms with Gasteiger partial charge in [-0.2, -0.15) is 13.2 Å². The molecule has 1 fully saturated rings. The van der Waals surface area contributed by atoms with Crippen LogP contribution in [0.2, 0.25) is 0 Å². The molecule has 2 heterocycles. The lowest BCUT2D eigenvalue weighted by Crippen LogP contribution is -2.58. The first kappa shape index (κ1) is 31.0. The minimum absolute atomic E-state index is 0.0329. The van der Waals surface area contributed by atoms with Crippen molar-refractivity contribution in [2.45, 2.75) is 70.8 Å². The Morgan fingerprint density at radius 3 is 2.50 bits per heavy atom. The van der Waals surface area contributed by atoms with Crippen molar-refractivity contribution in [3.8, 4) is 5.75 Å². The van der Waals surface area contributed by atoms with Crippen molar-refractivity contribution in [1.29, 1.82) is 0 Å². The van der Waals surface area contributed by atoms with Crippen molar-refractivity contribution in [1.82, 2.24) is 15.1 Å². The van der Waals surface area contributed by atoms with Gasteiger partial charge < -0.3 is 35.0 Å². The molecule has 0 bridgehead atoms. The predicted molar refractivity (Wildman–Crippen MR) is 137 cm³/mol. The maximum atomic E-state index is 14.3. The summed E-state index contributed by atoms with van der Waals surface area (Å²) in [7, 11) is 0. The largest absolute Gasteiger partial charge is 0.473 e.